The van der Waals surface area contributed by atoms with E-state index in [1.165, 1.54) is 6.92 Å². The summed E-state index contributed by atoms with van der Waals surface area (Å²) in [6.45, 7) is 4.92. The molecule has 0 aliphatic rings. The molecule has 0 saturated heterocycles. The first-order valence-electron chi connectivity index (χ1n) is 4.94. The Morgan fingerprint density at radius 3 is 2.50 bits per heavy atom. The Hall–Kier alpha value is -0.810. The van der Waals surface area contributed by atoms with Gasteiger partial charge in [0.15, 0.2) is 0 Å². The number of esters is 1. The summed E-state index contributed by atoms with van der Waals surface area (Å²) in [5, 5.41) is -0.733. The lowest BCUT2D eigenvalue weighted by molar-refractivity contribution is -0.139. The lowest BCUT2D eigenvalue weighted by atomic mass is 10.3. The fourth-order valence-electron chi connectivity index (χ4n) is 0.870. The van der Waals surface area contributed by atoms with E-state index >= 15 is 0 Å². The number of hydrogen-bond acceptors (Lipinski definition) is 3. The molecule has 0 saturated carbocycles. The molecule has 0 aromatic carbocycles. The van der Waals surface area contributed by atoms with Gasteiger partial charge in [0.1, 0.15) is 12.4 Å². The second-order valence-corrected chi connectivity index (χ2v) is 4.92. The minimum absolute atomic E-state index is 0.171. The molecule has 0 spiro atoms. The van der Waals surface area contributed by atoms with Crippen molar-refractivity contribution in [2.75, 3.05) is 12.4 Å². The van der Waals surface area contributed by atoms with Crippen LogP contribution in [-0.2, 0) is 20.7 Å². The van der Waals surface area contributed by atoms with Crippen LogP contribution in [0.1, 0.15) is 27.2 Å². The van der Waals surface area contributed by atoms with Crippen LogP contribution in [0.2, 0.25) is 0 Å². The molecule has 16 heavy (non-hydrogen) atoms. The Morgan fingerprint density at radius 2 is 2.00 bits per heavy atom. The molecule has 0 amide bonds. The van der Waals surface area contributed by atoms with Crippen molar-refractivity contribution in [1.29, 1.82) is 0 Å². The smallest absolute Gasteiger partial charge is 0.302 e. The Labute approximate surface area is 98.5 Å². The number of halogens is 1. The predicted octanol–water partition coefficient (Wildman–Crippen LogP) is 2.47. The predicted molar refractivity (Wildman–Crippen MR) is 62.9 cm³/mol. The number of hydrogen-bond donors (Lipinski definition) is 0. The minimum Gasteiger partial charge on any atom is -0.610 e. The molecule has 0 aliphatic heterocycles. The van der Waals surface area contributed by atoms with Crippen LogP contribution >= 0.6 is 0 Å². The Bertz CT molecular complexity index is 283. The second-order valence-electron chi connectivity index (χ2n) is 3.43. The lowest BCUT2D eigenvalue weighted by Crippen LogP contribution is -2.07. The maximum atomic E-state index is 13.1. The van der Waals surface area contributed by atoms with Crippen molar-refractivity contribution >= 4 is 17.1 Å². The van der Waals surface area contributed by atoms with Crippen molar-refractivity contribution in [2.45, 2.75) is 27.2 Å². The van der Waals surface area contributed by atoms with E-state index in [2.05, 4.69) is 4.74 Å². The van der Waals surface area contributed by atoms with Gasteiger partial charge in [-0.15, -0.1) is 0 Å². The standard InChI is InChI=1S/C11H17FO3S/c1-9(2)5-4-8-16(14)11(12)6-7-15-10(3)13/h5-6H,4,7-8H2,1-3H3. The molecule has 0 aromatic heterocycles. The molecule has 1 unspecified atom stereocenters. The molecular formula is C11H17FO3S. The maximum absolute atomic E-state index is 13.1. The zero-order valence-electron chi connectivity index (χ0n) is 9.79. The number of allylic oxidation sites excluding steroid dienone is 2. The molecule has 0 aromatic rings. The zero-order chi connectivity index (χ0) is 12.6. The van der Waals surface area contributed by atoms with Crippen molar-refractivity contribution in [3.8, 4) is 0 Å². The molecule has 92 valence electrons. The molecule has 0 radical (unpaired) electrons. The largest absolute Gasteiger partial charge is 0.610 e. The first-order valence-corrected chi connectivity index (χ1v) is 6.26. The van der Waals surface area contributed by atoms with E-state index in [1.54, 1.807) is 0 Å². The van der Waals surface area contributed by atoms with Gasteiger partial charge >= 0.3 is 5.97 Å². The van der Waals surface area contributed by atoms with Crippen LogP contribution in [0.4, 0.5) is 4.39 Å². The highest BCUT2D eigenvalue weighted by Crippen LogP contribution is 2.11. The number of ether oxygens (including phenoxy) is 1. The molecule has 0 fully saturated rings. The lowest BCUT2D eigenvalue weighted by Gasteiger charge is -2.06. The topological polar surface area (TPSA) is 49.4 Å². The summed E-state index contributed by atoms with van der Waals surface area (Å²) in [4.78, 5) is 10.4. The van der Waals surface area contributed by atoms with Gasteiger partial charge in [-0.25, -0.2) is 0 Å². The van der Waals surface area contributed by atoms with Crippen LogP contribution in [0, 0.1) is 0 Å². The van der Waals surface area contributed by atoms with Gasteiger partial charge in [-0.3, -0.25) is 4.79 Å². The van der Waals surface area contributed by atoms with E-state index in [0.717, 1.165) is 11.6 Å². The normalized spacial score (nSPS) is 13.2. The Balaban J connectivity index is 3.92. The molecule has 0 heterocycles. The van der Waals surface area contributed by atoms with Crippen molar-refractivity contribution in [1.82, 2.24) is 0 Å². The van der Waals surface area contributed by atoms with Crippen molar-refractivity contribution in [3.63, 3.8) is 0 Å². The maximum Gasteiger partial charge on any atom is 0.302 e. The highest BCUT2D eigenvalue weighted by Gasteiger charge is 2.12. The molecule has 0 aliphatic carbocycles. The first-order chi connectivity index (χ1) is 7.43. The van der Waals surface area contributed by atoms with Gasteiger partial charge in [-0.2, -0.15) is 4.39 Å². The third-order valence-electron chi connectivity index (χ3n) is 1.60. The van der Waals surface area contributed by atoms with E-state index in [-0.39, 0.29) is 12.4 Å². The van der Waals surface area contributed by atoms with Crippen molar-refractivity contribution < 1.29 is 18.5 Å². The number of carbonyl (C=O) groups excluding carboxylic acids is 1. The average molecular weight is 248 g/mol. The van der Waals surface area contributed by atoms with Gasteiger partial charge in [0.05, 0.1) is 0 Å². The van der Waals surface area contributed by atoms with Crippen LogP contribution in [0.15, 0.2) is 22.9 Å². The zero-order valence-corrected chi connectivity index (χ0v) is 10.6. The van der Waals surface area contributed by atoms with Crippen molar-refractivity contribution in [3.05, 3.63) is 22.9 Å². The number of rotatable bonds is 6. The van der Waals surface area contributed by atoms with Gasteiger partial charge in [-0.1, -0.05) is 11.6 Å². The average Bonchev–Trinajstić information content (AvgIpc) is 2.16. The van der Waals surface area contributed by atoms with Crippen LogP contribution in [0.25, 0.3) is 0 Å². The molecular weight excluding hydrogens is 231 g/mol. The summed E-state index contributed by atoms with van der Waals surface area (Å²) >= 11 is -1.64. The van der Waals surface area contributed by atoms with E-state index in [0.29, 0.717) is 6.42 Å². The van der Waals surface area contributed by atoms with Crippen LogP contribution < -0.4 is 0 Å². The van der Waals surface area contributed by atoms with E-state index in [9.17, 15) is 13.7 Å². The molecule has 5 heteroatoms. The highest BCUT2D eigenvalue weighted by molar-refractivity contribution is 7.95. The molecule has 0 bridgehead atoms. The summed E-state index contributed by atoms with van der Waals surface area (Å²) in [6.07, 6.45) is 3.50. The first kappa shape index (κ1) is 15.2. The third-order valence-corrected chi connectivity index (χ3v) is 2.81. The number of carbonyl (C=O) groups is 1. The fourth-order valence-corrected chi connectivity index (χ4v) is 1.65. The SMILES string of the molecule is CC(=O)OCC=C(F)[S+]([O-])CCC=C(C)C. The summed E-state index contributed by atoms with van der Waals surface area (Å²) < 4.78 is 28.9. The van der Waals surface area contributed by atoms with E-state index < -0.39 is 22.3 Å². The van der Waals surface area contributed by atoms with Gasteiger partial charge in [0, 0.05) is 30.6 Å². The van der Waals surface area contributed by atoms with Gasteiger partial charge < -0.3 is 9.29 Å². The molecule has 1 atom stereocenters. The van der Waals surface area contributed by atoms with Crippen LogP contribution in [0.5, 0.6) is 0 Å². The summed E-state index contributed by atoms with van der Waals surface area (Å²) in [6, 6.07) is 0. The Morgan fingerprint density at radius 1 is 1.38 bits per heavy atom. The summed E-state index contributed by atoms with van der Waals surface area (Å²) in [7, 11) is 0. The minimum atomic E-state index is -1.64. The fraction of sp³-hybridized carbons (Fsp3) is 0.545. The Kier molecular flexibility index (Phi) is 7.93. The van der Waals surface area contributed by atoms with Crippen LogP contribution in [-0.4, -0.2) is 22.9 Å². The van der Waals surface area contributed by atoms with Gasteiger partial charge in [0.25, 0.3) is 5.16 Å². The molecule has 0 N–H and O–H groups in total. The van der Waals surface area contributed by atoms with Crippen molar-refractivity contribution in [2.24, 2.45) is 0 Å². The highest BCUT2D eigenvalue weighted by atomic mass is 32.2. The quantitative estimate of drug-likeness (QED) is 0.412. The summed E-state index contributed by atoms with van der Waals surface area (Å²) in [5.74, 6) is -0.243. The van der Waals surface area contributed by atoms with E-state index in [1.807, 2.05) is 19.9 Å². The molecule has 3 nitrogen and oxygen atoms in total. The third kappa shape index (κ3) is 8.49. The monoisotopic (exact) mass is 248 g/mol. The van der Waals surface area contributed by atoms with Crippen LogP contribution in [0.3, 0.4) is 0 Å². The second kappa shape index (κ2) is 8.35. The summed E-state index contributed by atoms with van der Waals surface area (Å²) in [5.41, 5.74) is 1.11. The van der Waals surface area contributed by atoms with E-state index in [4.69, 9.17) is 0 Å². The van der Waals surface area contributed by atoms with Gasteiger partial charge in [-0.05, 0) is 13.8 Å². The van der Waals surface area contributed by atoms with Gasteiger partial charge in [0.2, 0.25) is 0 Å². The molecule has 0 rings (SSSR count).